The van der Waals surface area contributed by atoms with Crippen LogP contribution < -0.4 is 4.90 Å². The van der Waals surface area contributed by atoms with Gasteiger partial charge in [-0.2, -0.15) is 0 Å². The number of esters is 1. The third-order valence-electron chi connectivity index (χ3n) is 5.35. The molecule has 10 heteroatoms. The van der Waals surface area contributed by atoms with Crippen molar-refractivity contribution < 1.29 is 27.9 Å². The molecule has 0 fully saturated rings. The van der Waals surface area contributed by atoms with E-state index in [0.717, 1.165) is 21.8 Å². The Labute approximate surface area is 201 Å². The average molecular weight is 499 g/mol. The van der Waals surface area contributed by atoms with Crippen LogP contribution >= 0.6 is 11.3 Å². The summed E-state index contributed by atoms with van der Waals surface area (Å²) >= 11 is 0.907. The lowest BCUT2D eigenvalue weighted by atomic mass is 10.1. The molecule has 0 saturated heterocycles. The minimum absolute atomic E-state index is 0.0501. The van der Waals surface area contributed by atoms with Crippen LogP contribution in [0.1, 0.15) is 39.5 Å². The first-order valence-electron chi connectivity index (χ1n) is 10.4. The molecule has 8 nitrogen and oxygen atoms in total. The van der Waals surface area contributed by atoms with Gasteiger partial charge in [-0.05, 0) is 38.5 Å². The summed E-state index contributed by atoms with van der Waals surface area (Å²) in [6.07, 6.45) is 0. The molecule has 1 aliphatic heterocycles. The molecule has 4 rings (SSSR count). The van der Waals surface area contributed by atoms with Gasteiger partial charge in [0, 0.05) is 0 Å². The van der Waals surface area contributed by atoms with Crippen LogP contribution in [0.3, 0.4) is 0 Å². The number of carbonyl (C=O) groups excluding carboxylic acids is 2. The summed E-state index contributed by atoms with van der Waals surface area (Å²) in [5.41, 5.74) is 1.76. The molecule has 1 aliphatic rings. The third-order valence-corrected chi connectivity index (χ3v) is 8.37. The van der Waals surface area contributed by atoms with Crippen molar-refractivity contribution in [3.05, 3.63) is 87.0 Å². The van der Waals surface area contributed by atoms with Crippen LogP contribution in [0.15, 0.2) is 70.2 Å². The zero-order valence-corrected chi connectivity index (χ0v) is 20.3. The fraction of sp³-hybridized carbons (Fsp3) is 0.208. The summed E-state index contributed by atoms with van der Waals surface area (Å²) < 4.78 is 32.3. The molecular weight excluding hydrogens is 476 g/mol. The molecule has 0 spiro atoms. The molecule has 3 aromatic rings. The highest BCUT2D eigenvalue weighted by Gasteiger charge is 2.49. The number of hydrogen-bond acceptors (Lipinski definition) is 8. The second-order valence-electron chi connectivity index (χ2n) is 7.65. The molecule has 2 heterocycles. The van der Waals surface area contributed by atoms with Crippen LogP contribution in [0.5, 0.6) is 0 Å². The van der Waals surface area contributed by atoms with Crippen molar-refractivity contribution in [3.8, 4) is 0 Å². The number of aliphatic hydroxyl groups excluding tert-OH is 1. The van der Waals surface area contributed by atoms with Gasteiger partial charge in [0.25, 0.3) is 5.91 Å². The van der Waals surface area contributed by atoms with Crippen molar-refractivity contribution in [2.24, 2.45) is 0 Å². The summed E-state index contributed by atoms with van der Waals surface area (Å²) in [5.74, 6) is -2.37. The number of thiazole rings is 1. The smallest absolute Gasteiger partial charge is 0.350 e. The first kappa shape index (κ1) is 23.7. The summed E-state index contributed by atoms with van der Waals surface area (Å²) in [4.78, 5) is 30.8. The van der Waals surface area contributed by atoms with E-state index in [1.54, 1.807) is 56.3 Å². The highest BCUT2D eigenvalue weighted by Crippen LogP contribution is 2.46. The van der Waals surface area contributed by atoms with Crippen LogP contribution in [-0.2, 0) is 19.4 Å². The number of ether oxygens (including phenoxy) is 1. The molecule has 0 saturated carbocycles. The minimum atomic E-state index is -4.25. The Morgan fingerprint density at radius 2 is 1.76 bits per heavy atom. The van der Waals surface area contributed by atoms with Gasteiger partial charge in [0.05, 0.1) is 17.2 Å². The number of anilines is 1. The molecule has 1 N–H and O–H groups in total. The monoisotopic (exact) mass is 498 g/mol. The van der Waals surface area contributed by atoms with Crippen molar-refractivity contribution in [3.63, 3.8) is 0 Å². The summed E-state index contributed by atoms with van der Waals surface area (Å²) in [6.45, 7) is 5.33. The summed E-state index contributed by atoms with van der Waals surface area (Å²) in [6, 6.07) is 13.4. The maximum Gasteiger partial charge on any atom is 0.350 e. The van der Waals surface area contributed by atoms with Crippen molar-refractivity contribution in [2.75, 3.05) is 11.5 Å². The van der Waals surface area contributed by atoms with Crippen molar-refractivity contribution >= 4 is 38.2 Å². The van der Waals surface area contributed by atoms with E-state index in [2.05, 4.69) is 4.98 Å². The maximum atomic E-state index is 13.6. The van der Waals surface area contributed by atoms with Gasteiger partial charge in [0.1, 0.15) is 15.8 Å². The van der Waals surface area contributed by atoms with E-state index in [1.165, 1.54) is 12.1 Å². The Bertz CT molecular complexity index is 1390. The van der Waals surface area contributed by atoms with Gasteiger partial charge >= 0.3 is 5.97 Å². The quantitative estimate of drug-likeness (QED) is 0.505. The molecule has 2 aromatic carbocycles. The molecule has 0 radical (unpaired) electrons. The number of benzene rings is 2. The van der Waals surface area contributed by atoms with E-state index in [9.17, 15) is 23.1 Å². The zero-order valence-electron chi connectivity index (χ0n) is 18.7. The fourth-order valence-electron chi connectivity index (χ4n) is 3.70. The van der Waals surface area contributed by atoms with E-state index in [-0.39, 0.29) is 21.5 Å². The number of nitrogens with zero attached hydrogens (tertiary/aromatic N) is 2. The van der Waals surface area contributed by atoms with E-state index in [4.69, 9.17) is 4.74 Å². The number of carbonyl (C=O) groups is 2. The fourth-order valence-corrected chi connectivity index (χ4v) is 6.34. The Morgan fingerprint density at radius 3 is 2.38 bits per heavy atom. The molecule has 0 aliphatic carbocycles. The van der Waals surface area contributed by atoms with Gasteiger partial charge in [0.2, 0.25) is 9.84 Å². The lowest BCUT2D eigenvalue weighted by Crippen LogP contribution is -2.31. The Morgan fingerprint density at radius 1 is 1.12 bits per heavy atom. The van der Waals surface area contributed by atoms with E-state index in [0.29, 0.717) is 11.3 Å². The predicted octanol–water partition coefficient (Wildman–Crippen LogP) is 4.27. The second-order valence-corrected chi connectivity index (χ2v) is 10.5. The number of amides is 1. The minimum Gasteiger partial charge on any atom is -0.502 e. The topological polar surface area (TPSA) is 114 Å². The van der Waals surface area contributed by atoms with Crippen molar-refractivity contribution in [1.82, 2.24) is 4.98 Å². The average Bonchev–Trinajstić information content (AvgIpc) is 3.32. The molecule has 0 unspecified atom stereocenters. The molecule has 176 valence electrons. The standard InChI is InChI=1S/C24H22N2O6S2/c1-4-32-23(29)20-15(3)25-24(33-20)26-18(16-12-10-14(2)11-13-16)21(19(27)22(26)28)34(30,31)17-8-6-5-7-9-17/h5-13,18,27H,4H2,1-3H3/t18-/m1/s1. The number of hydrogen-bond donors (Lipinski definition) is 1. The predicted molar refractivity (Wildman–Crippen MR) is 127 cm³/mol. The van der Waals surface area contributed by atoms with Crippen LogP contribution in [-0.4, -0.2) is 37.0 Å². The lowest BCUT2D eigenvalue weighted by molar-refractivity contribution is -0.117. The van der Waals surface area contributed by atoms with Crippen LogP contribution in [0, 0.1) is 13.8 Å². The number of aromatic nitrogens is 1. The SMILES string of the molecule is CCOC(=O)c1sc(N2C(=O)C(O)=C(S(=O)(=O)c3ccccc3)[C@H]2c2ccc(C)cc2)nc1C. The molecular formula is C24H22N2O6S2. The van der Waals surface area contributed by atoms with Gasteiger partial charge in [0.15, 0.2) is 10.9 Å². The summed E-state index contributed by atoms with van der Waals surface area (Å²) in [5, 5.41) is 10.9. The maximum absolute atomic E-state index is 13.6. The van der Waals surface area contributed by atoms with E-state index in [1.807, 2.05) is 6.92 Å². The number of aryl methyl sites for hydroxylation is 2. The normalized spacial score (nSPS) is 16.3. The Kier molecular flexibility index (Phi) is 6.28. The third kappa shape index (κ3) is 3.99. The molecule has 0 bridgehead atoms. The zero-order chi connectivity index (χ0) is 24.6. The lowest BCUT2D eigenvalue weighted by Gasteiger charge is -2.25. The van der Waals surface area contributed by atoms with Crippen LogP contribution in [0.2, 0.25) is 0 Å². The highest BCUT2D eigenvalue weighted by molar-refractivity contribution is 7.95. The van der Waals surface area contributed by atoms with Gasteiger partial charge < -0.3 is 9.84 Å². The first-order chi connectivity index (χ1) is 16.2. The number of sulfone groups is 1. The van der Waals surface area contributed by atoms with Gasteiger partial charge in [-0.1, -0.05) is 59.4 Å². The number of rotatable bonds is 6. The first-order valence-corrected chi connectivity index (χ1v) is 12.7. The Hall–Kier alpha value is -3.50. The van der Waals surface area contributed by atoms with Gasteiger partial charge in [-0.3, -0.25) is 9.69 Å². The van der Waals surface area contributed by atoms with E-state index < -0.39 is 38.4 Å². The number of aliphatic hydroxyl groups is 1. The van der Waals surface area contributed by atoms with Crippen molar-refractivity contribution in [2.45, 2.75) is 31.7 Å². The second kappa shape index (κ2) is 9.03. The molecule has 1 amide bonds. The van der Waals surface area contributed by atoms with Crippen molar-refractivity contribution in [1.29, 1.82) is 0 Å². The highest BCUT2D eigenvalue weighted by atomic mass is 32.2. The largest absolute Gasteiger partial charge is 0.502 e. The van der Waals surface area contributed by atoms with E-state index >= 15 is 0 Å². The molecule has 1 aromatic heterocycles. The summed E-state index contributed by atoms with van der Waals surface area (Å²) in [7, 11) is -4.25. The molecule has 34 heavy (non-hydrogen) atoms. The van der Waals surface area contributed by atoms with Gasteiger partial charge in [-0.15, -0.1) is 0 Å². The Balaban J connectivity index is 1.90. The van der Waals surface area contributed by atoms with Gasteiger partial charge in [-0.25, -0.2) is 18.2 Å². The van der Waals surface area contributed by atoms with Crippen LogP contribution in [0.25, 0.3) is 0 Å². The van der Waals surface area contributed by atoms with Crippen LogP contribution in [0.4, 0.5) is 5.13 Å². The molecule has 1 atom stereocenters.